The number of amides is 2. The predicted octanol–water partition coefficient (Wildman–Crippen LogP) is 2.37. The van der Waals surface area contributed by atoms with E-state index in [-0.39, 0.29) is 17.7 Å². The zero-order valence-electron chi connectivity index (χ0n) is 12.5. The number of piperidine rings is 1. The number of hydrogen-bond acceptors (Lipinski definition) is 2. The van der Waals surface area contributed by atoms with Gasteiger partial charge in [-0.1, -0.05) is 12.1 Å². The number of nitrogens with zero attached hydrogens (tertiary/aromatic N) is 2. The zero-order valence-corrected chi connectivity index (χ0v) is 13.3. The largest absolute Gasteiger partial charge is 0.349 e. The molecule has 0 aliphatic carbocycles. The minimum Gasteiger partial charge on any atom is -0.349 e. The van der Waals surface area contributed by atoms with Gasteiger partial charge in [0.1, 0.15) is 0 Å². The van der Waals surface area contributed by atoms with E-state index in [0.29, 0.717) is 24.5 Å². The summed E-state index contributed by atoms with van der Waals surface area (Å²) in [5.41, 5.74) is 1.62. The maximum atomic E-state index is 12.5. The average molecular weight is 309 g/mol. The molecule has 21 heavy (non-hydrogen) atoms. The number of carbonyl (C=O) groups is 2. The summed E-state index contributed by atoms with van der Waals surface area (Å²) >= 11 is 5.81. The minimum absolute atomic E-state index is 0.0257. The number of hydrogen-bond donors (Lipinski definition) is 0. The Hall–Kier alpha value is -1.55. The summed E-state index contributed by atoms with van der Waals surface area (Å²) in [6.07, 6.45) is 1.47. The molecule has 4 nitrogen and oxygen atoms in total. The summed E-state index contributed by atoms with van der Waals surface area (Å²) < 4.78 is 0. The summed E-state index contributed by atoms with van der Waals surface area (Å²) in [5.74, 6) is 0.628. The van der Waals surface area contributed by atoms with Crippen molar-refractivity contribution in [2.45, 2.75) is 18.7 Å². The molecule has 1 fully saturated rings. The molecule has 0 unspecified atom stereocenters. The third kappa shape index (κ3) is 3.76. The van der Waals surface area contributed by atoms with Crippen molar-refractivity contribution in [1.29, 1.82) is 0 Å². The van der Waals surface area contributed by atoms with Crippen LogP contribution in [-0.4, -0.2) is 48.8 Å². The van der Waals surface area contributed by atoms with Crippen LogP contribution in [0.25, 0.3) is 0 Å². The van der Waals surface area contributed by atoms with Crippen LogP contribution in [0.4, 0.5) is 0 Å². The van der Waals surface area contributed by atoms with Crippen LogP contribution in [0.5, 0.6) is 0 Å². The molecule has 0 radical (unpaired) electrons. The molecule has 1 aromatic rings. The number of likely N-dealkylation sites (tertiary alicyclic amines) is 1. The van der Waals surface area contributed by atoms with Gasteiger partial charge in [-0.3, -0.25) is 9.59 Å². The summed E-state index contributed by atoms with van der Waals surface area (Å²) in [7, 11) is 3.55. The Morgan fingerprint density at radius 3 is 2.52 bits per heavy atom. The summed E-state index contributed by atoms with van der Waals surface area (Å²) in [5, 5.41) is 0. The van der Waals surface area contributed by atoms with E-state index in [1.165, 1.54) is 0 Å². The maximum absolute atomic E-state index is 12.5. The van der Waals surface area contributed by atoms with Gasteiger partial charge in [-0.2, -0.15) is 0 Å². The highest BCUT2D eigenvalue weighted by Gasteiger charge is 2.28. The average Bonchev–Trinajstić information content (AvgIpc) is 2.53. The highest BCUT2D eigenvalue weighted by atomic mass is 35.5. The Morgan fingerprint density at radius 1 is 1.29 bits per heavy atom. The molecule has 0 N–H and O–H groups in total. The molecule has 114 valence electrons. The van der Waals surface area contributed by atoms with Gasteiger partial charge in [0.2, 0.25) is 5.91 Å². The Kier molecular flexibility index (Phi) is 5.23. The molecule has 0 saturated carbocycles. The van der Waals surface area contributed by atoms with Gasteiger partial charge in [0.15, 0.2) is 0 Å². The lowest BCUT2D eigenvalue weighted by molar-refractivity contribution is -0.134. The molecule has 0 atom stereocenters. The molecule has 1 aromatic carbocycles. The Bertz CT molecular complexity index is 523. The van der Waals surface area contributed by atoms with Gasteiger partial charge in [-0.15, -0.1) is 11.6 Å². The normalized spacial score (nSPS) is 15.9. The lowest BCUT2D eigenvalue weighted by Gasteiger charge is -2.32. The van der Waals surface area contributed by atoms with Crippen LogP contribution in [0.3, 0.4) is 0 Å². The Labute approximate surface area is 130 Å². The first-order valence-corrected chi connectivity index (χ1v) is 7.71. The van der Waals surface area contributed by atoms with Crippen molar-refractivity contribution >= 4 is 23.4 Å². The van der Waals surface area contributed by atoms with Crippen LogP contribution in [0.1, 0.15) is 28.8 Å². The molecule has 1 aliphatic rings. The van der Waals surface area contributed by atoms with Crippen LogP contribution in [0.15, 0.2) is 24.3 Å². The second-order valence-corrected chi connectivity index (χ2v) is 5.90. The molecule has 1 heterocycles. The van der Waals surface area contributed by atoms with Crippen molar-refractivity contribution in [3.05, 3.63) is 35.4 Å². The summed E-state index contributed by atoms with van der Waals surface area (Å²) in [6.45, 7) is 1.27. The molecule has 1 aliphatic heterocycles. The van der Waals surface area contributed by atoms with E-state index >= 15 is 0 Å². The predicted molar refractivity (Wildman–Crippen MR) is 83.3 cm³/mol. The number of carbonyl (C=O) groups excluding carboxylic acids is 2. The summed E-state index contributed by atoms with van der Waals surface area (Å²) in [4.78, 5) is 27.9. The molecule has 0 aromatic heterocycles. The SMILES string of the molecule is CN(C)C(=O)C1CCN(C(=O)c2cccc(CCl)c2)CC1. The first-order valence-electron chi connectivity index (χ1n) is 7.18. The second-order valence-electron chi connectivity index (χ2n) is 5.63. The number of halogens is 1. The highest BCUT2D eigenvalue weighted by Crippen LogP contribution is 2.21. The van der Waals surface area contributed by atoms with Gasteiger partial charge >= 0.3 is 0 Å². The lowest BCUT2D eigenvalue weighted by Crippen LogP contribution is -2.42. The molecule has 1 saturated heterocycles. The van der Waals surface area contributed by atoms with Crippen molar-refractivity contribution in [3.8, 4) is 0 Å². The highest BCUT2D eigenvalue weighted by molar-refractivity contribution is 6.17. The van der Waals surface area contributed by atoms with Gasteiger partial charge in [0.25, 0.3) is 5.91 Å². The van der Waals surface area contributed by atoms with Crippen molar-refractivity contribution in [2.75, 3.05) is 27.2 Å². The summed E-state index contributed by atoms with van der Waals surface area (Å²) in [6, 6.07) is 7.42. The van der Waals surface area contributed by atoms with E-state index in [0.717, 1.165) is 18.4 Å². The molecule has 5 heteroatoms. The Balaban J connectivity index is 1.98. The minimum atomic E-state index is 0.0257. The number of rotatable bonds is 3. The molecule has 2 rings (SSSR count). The lowest BCUT2D eigenvalue weighted by atomic mass is 9.95. The number of alkyl halides is 1. The van der Waals surface area contributed by atoms with Crippen molar-refractivity contribution in [1.82, 2.24) is 9.80 Å². The molecule has 2 amide bonds. The van der Waals surface area contributed by atoms with Crippen LogP contribution < -0.4 is 0 Å². The number of benzene rings is 1. The van der Waals surface area contributed by atoms with Crippen molar-refractivity contribution in [2.24, 2.45) is 5.92 Å². The van der Waals surface area contributed by atoms with Crippen LogP contribution in [0, 0.1) is 5.92 Å². The standard InChI is InChI=1S/C16H21ClN2O2/c1-18(2)15(20)13-6-8-19(9-7-13)16(21)14-5-3-4-12(10-14)11-17/h3-5,10,13H,6-9,11H2,1-2H3. The van der Waals surface area contributed by atoms with Gasteiger partial charge < -0.3 is 9.80 Å². The molecule has 0 bridgehead atoms. The molecule has 0 spiro atoms. The van der Waals surface area contributed by atoms with E-state index in [1.807, 2.05) is 29.2 Å². The van der Waals surface area contributed by atoms with Crippen LogP contribution in [-0.2, 0) is 10.7 Å². The fraction of sp³-hybridized carbons (Fsp3) is 0.500. The first kappa shape index (κ1) is 15.8. The smallest absolute Gasteiger partial charge is 0.253 e. The third-order valence-corrected chi connectivity index (χ3v) is 4.21. The fourth-order valence-corrected chi connectivity index (χ4v) is 2.83. The van der Waals surface area contributed by atoms with Crippen molar-refractivity contribution in [3.63, 3.8) is 0 Å². The van der Waals surface area contributed by atoms with Gasteiger partial charge in [0, 0.05) is 44.5 Å². The first-order chi connectivity index (χ1) is 10.0. The molecular weight excluding hydrogens is 288 g/mol. The van der Waals surface area contributed by atoms with Gasteiger partial charge in [0.05, 0.1) is 0 Å². The van der Waals surface area contributed by atoms with E-state index < -0.39 is 0 Å². The van der Waals surface area contributed by atoms with Crippen molar-refractivity contribution < 1.29 is 9.59 Å². The zero-order chi connectivity index (χ0) is 15.4. The van der Waals surface area contributed by atoms with Crippen LogP contribution >= 0.6 is 11.6 Å². The van der Waals surface area contributed by atoms with Crippen LogP contribution in [0.2, 0.25) is 0 Å². The maximum Gasteiger partial charge on any atom is 0.253 e. The van der Waals surface area contributed by atoms with E-state index in [9.17, 15) is 9.59 Å². The fourth-order valence-electron chi connectivity index (χ4n) is 2.66. The van der Waals surface area contributed by atoms with Gasteiger partial charge in [-0.25, -0.2) is 0 Å². The van der Waals surface area contributed by atoms with E-state index in [2.05, 4.69) is 0 Å². The van der Waals surface area contributed by atoms with E-state index in [4.69, 9.17) is 11.6 Å². The monoisotopic (exact) mass is 308 g/mol. The second kappa shape index (κ2) is 6.94. The van der Waals surface area contributed by atoms with E-state index in [1.54, 1.807) is 19.0 Å². The molecular formula is C16H21ClN2O2. The topological polar surface area (TPSA) is 40.6 Å². The Morgan fingerprint density at radius 2 is 1.95 bits per heavy atom. The third-order valence-electron chi connectivity index (χ3n) is 3.90. The quantitative estimate of drug-likeness (QED) is 0.804. The van der Waals surface area contributed by atoms with Gasteiger partial charge in [-0.05, 0) is 30.5 Å².